The van der Waals surface area contributed by atoms with E-state index < -0.39 is 11.3 Å². The van der Waals surface area contributed by atoms with E-state index in [9.17, 15) is 10.1 Å². The van der Waals surface area contributed by atoms with Gasteiger partial charge < -0.3 is 0 Å². The van der Waals surface area contributed by atoms with Gasteiger partial charge in [-0.2, -0.15) is 10.4 Å². The van der Waals surface area contributed by atoms with Crippen LogP contribution < -0.4 is 0 Å². The molecule has 160 valence electrons. The molecule has 1 aliphatic carbocycles. The minimum Gasteiger partial charge on any atom is -0.294 e. The smallest absolute Gasteiger partial charge is 0.211 e. The van der Waals surface area contributed by atoms with Crippen molar-refractivity contribution in [2.45, 2.75) is 26.2 Å². The van der Waals surface area contributed by atoms with Gasteiger partial charge in [-0.25, -0.2) is 14.6 Å². The van der Waals surface area contributed by atoms with E-state index in [0.717, 1.165) is 21.3 Å². The number of nitrogens with zero attached hydrogens (tertiary/aromatic N) is 6. The fraction of sp³-hybridized carbons (Fsp3) is 0.200. The molecular formula is C25H18N6OS. The van der Waals surface area contributed by atoms with Crippen molar-refractivity contribution in [2.24, 2.45) is 5.41 Å². The van der Waals surface area contributed by atoms with Crippen LogP contribution in [0.15, 0.2) is 54.7 Å². The second-order valence-corrected chi connectivity index (χ2v) is 9.89. The summed E-state index contributed by atoms with van der Waals surface area (Å²) in [6.07, 6.45) is 1.90. The van der Waals surface area contributed by atoms with Gasteiger partial charge in [-0.05, 0) is 29.7 Å². The average Bonchev–Trinajstić information content (AvgIpc) is 3.40. The fourth-order valence-electron chi connectivity index (χ4n) is 4.53. The molecule has 1 aliphatic rings. The van der Waals surface area contributed by atoms with E-state index in [0.29, 0.717) is 27.8 Å². The Bertz CT molecular complexity index is 1590. The molecule has 0 fully saturated rings. The van der Waals surface area contributed by atoms with Crippen LogP contribution in [0.25, 0.3) is 37.8 Å². The lowest BCUT2D eigenvalue weighted by Crippen LogP contribution is -2.32. The Morgan fingerprint density at radius 3 is 2.55 bits per heavy atom. The normalized spacial score (nSPS) is 17.2. The number of carbonyl (C=O) groups is 1. The van der Waals surface area contributed by atoms with Crippen LogP contribution in [0.1, 0.15) is 42.2 Å². The lowest BCUT2D eigenvalue weighted by atomic mass is 9.68. The molecule has 0 aliphatic heterocycles. The zero-order chi connectivity index (χ0) is 22.7. The van der Waals surface area contributed by atoms with E-state index in [1.54, 1.807) is 10.9 Å². The fourth-order valence-corrected chi connectivity index (χ4v) is 5.46. The molecule has 0 amide bonds. The van der Waals surface area contributed by atoms with Gasteiger partial charge in [0.2, 0.25) is 5.13 Å². The predicted molar refractivity (Wildman–Crippen MR) is 126 cm³/mol. The summed E-state index contributed by atoms with van der Waals surface area (Å²) in [5.41, 5.74) is 3.80. The van der Waals surface area contributed by atoms with Gasteiger partial charge in [0.1, 0.15) is 11.4 Å². The molecule has 0 N–H and O–H groups in total. The number of aromatic nitrogens is 5. The molecule has 2 aromatic carbocycles. The number of para-hydroxylation sites is 3. The molecule has 6 rings (SSSR count). The first-order valence-corrected chi connectivity index (χ1v) is 11.4. The number of hydrogen-bond acceptors (Lipinski definition) is 7. The van der Waals surface area contributed by atoms with E-state index in [1.807, 2.05) is 62.4 Å². The highest BCUT2D eigenvalue weighted by atomic mass is 32.1. The number of ketones is 1. The van der Waals surface area contributed by atoms with Gasteiger partial charge >= 0.3 is 0 Å². The van der Waals surface area contributed by atoms with E-state index in [-0.39, 0.29) is 12.2 Å². The van der Waals surface area contributed by atoms with Crippen LogP contribution in [0.2, 0.25) is 0 Å². The van der Waals surface area contributed by atoms with E-state index in [4.69, 9.17) is 15.1 Å². The highest BCUT2D eigenvalue weighted by Crippen LogP contribution is 2.48. The molecule has 5 aromatic rings. The van der Waals surface area contributed by atoms with E-state index in [1.165, 1.54) is 11.3 Å². The van der Waals surface area contributed by atoms with Crippen molar-refractivity contribution >= 4 is 38.4 Å². The molecule has 8 heteroatoms. The summed E-state index contributed by atoms with van der Waals surface area (Å²) in [7, 11) is 0. The third-order valence-corrected chi connectivity index (χ3v) is 7.17. The monoisotopic (exact) mass is 450 g/mol. The molecule has 3 heterocycles. The van der Waals surface area contributed by atoms with Crippen molar-refractivity contribution in [2.75, 3.05) is 0 Å². The minimum absolute atomic E-state index is 0.0428. The Kier molecular flexibility index (Phi) is 4.19. The summed E-state index contributed by atoms with van der Waals surface area (Å²) in [5, 5.41) is 15.6. The quantitative estimate of drug-likeness (QED) is 0.361. The van der Waals surface area contributed by atoms with Crippen LogP contribution in [-0.4, -0.2) is 30.5 Å². The summed E-state index contributed by atoms with van der Waals surface area (Å²) in [6.45, 7) is 3.90. The van der Waals surface area contributed by atoms with E-state index in [2.05, 4.69) is 11.1 Å². The van der Waals surface area contributed by atoms with Gasteiger partial charge in [0.15, 0.2) is 5.78 Å². The van der Waals surface area contributed by atoms with Gasteiger partial charge in [0, 0.05) is 6.42 Å². The Labute approximate surface area is 193 Å². The first-order valence-electron chi connectivity index (χ1n) is 10.6. The molecular weight excluding hydrogens is 432 g/mol. The van der Waals surface area contributed by atoms with Gasteiger partial charge in [-0.15, -0.1) is 0 Å². The second-order valence-electron chi connectivity index (χ2n) is 8.88. The van der Waals surface area contributed by atoms with Crippen LogP contribution in [0.3, 0.4) is 0 Å². The van der Waals surface area contributed by atoms with Crippen molar-refractivity contribution in [1.29, 1.82) is 5.26 Å². The van der Waals surface area contributed by atoms with Crippen molar-refractivity contribution in [3.8, 4) is 22.6 Å². The Balaban J connectivity index is 1.66. The van der Waals surface area contributed by atoms with Gasteiger partial charge in [-0.3, -0.25) is 9.78 Å². The Morgan fingerprint density at radius 1 is 1.06 bits per heavy atom. The summed E-state index contributed by atoms with van der Waals surface area (Å²) in [4.78, 5) is 27.4. The van der Waals surface area contributed by atoms with Crippen molar-refractivity contribution < 1.29 is 4.79 Å². The number of fused-ring (bicyclic) bond motifs is 3. The highest BCUT2D eigenvalue weighted by Gasteiger charge is 2.45. The molecule has 3 aromatic heterocycles. The number of carbonyl (C=O) groups excluding carboxylic acids is 1. The maximum Gasteiger partial charge on any atom is 0.211 e. The lowest BCUT2D eigenvalue weighted by molar-refractivity contribution is 0.0900. The number of benzene rings is 2. The van der Waals surface area contributed by atoms with Gasteiger partial charge in [0.05, 0.1) is 50.7 Å². The Morgan fingerprint density at radius 2 is 1.79 bits per heavy atom. The Hall–Kier alpha value is -3.96. The molecule has 7 nitrogen and oxygen atoms in total. The maximum atomic E-state index is 13.4. The topological polar surface area (TPSA) is 97.3 Å². The number of Topliss-reactive ketones (excluding diaryl/α,β-unsaturated/α-hetero) is 1. The molecule has 1 unspecified atom stereocenters. The summed E-state index contributed by atoms with van der Waals surface area (Å²) in [6, 6.07) is 17.9. The van der Waals surface area contributed by atoms with Crippen molar-refractivity contribution in [3.63, 3.8) is 0 Å². The summed E-state index contributed by atoms with van der Waals surface area (Å²) < 4.78 is 2.69. The van der Waals surface area contributed by atoms with E-state index >= 15 is 0 Å². The van der Waals surface area contributed by atoms with Crippen molar-refractivity contribution in [3.05, 3.63) is 66.0 Å². The van der Waals surface area contributed by atoms with Crippen LogP contribution in [0.5, 0.6) is 0 Å². The first kappa shape index (κ1) is 19.7. The zero-order valence-electron chi connectivity index (χ0n) is 18.0. The maximum absolute atomic E-state index is 13.4. The summed E-state index contributed by atoms with van der Waals surface area (Å²) >= 11 is 1.48. The molecule has 0 radical (unpaired) electrons. The van der Waals surface area contributed by atoms with Crippen LogP contribution >= 0.6 is 11.3 Å². The van der Waals surface area contributed by atoms with Crippen LogP contribution in [0, 0.1) is 16.7 Å². The van der Waals surface area contributed by atoms with Crippen molar-refractivity contribution in [1.82, 2.24) is 24.7 Å². The largest absolute Gasteiger partial charge is 0.294 e. The van der Waals surface area contributed by atoms with Crippen LogP contribution in [0.4, 0.5) is 0 Å². The third kappa shape index (κ3) is 2.97. The van der Waals surface area contributed by atoms with Gasteiger partial charge in [-0.1, -0.05) is 49.4 Å². The highest BCUT2D eigenvalue weighted by molar-refractivity contribution is 7.20. The summed E-state index contributed by atoms with van der Waals surface area (Å²) in [5.74, 6) is -0.564. The van der Waals surface area contributed by atoms with Gasteiger partial charge in [0.25, 0.3) is 0 Å². The standard InChI is InChI=1S/C25H18N6OS/c1-25(2)11-19(32)21-22(18-13-27-15-7-3-4-8-16(15)28-18)30-31(23(21)14(25)12-26)24-29-17-9-5-6-10-20(17)33-24/h3-10,13-14H,11H2,1-2H3. The first-order chi connectivity index (χ1) is 16.0. The second kappa shape index (κ2) is 7.02. The average molecular weight is 451 g/mol. The minimum atomic E-state index is -0.528. The molecule has 0 spiro atoms. The number of hydrogen-bond donors (Lipinski definition) is 0. The molecule has 33 heavy (non-hydrogen) atoms. The number of rotatable bonds is 2. The SMILES string of the molecule is CC1(C)CC(=O)c2c(-c3cnc4ccccc4n3)nn(-c3nc4ccccc4s3)c2C1C#N. The van der Waals surface area contributed by atoms with Crippen LogP contribution in [-0.2, 0) is 0 Å². The predicted octanol–water partition coefficient (Wildman–Crippen LogP) is 5.31. The number of thiazole rings is 1. The molecule has 0 saturated heterocycles. The zero-order valence-corrected chi connectivity index (χ0v) is 18.8. The third-order valence-electron chi connectivity index (χ3n) is 6.16. The molecule has 0 saturated carbocycles. The lowest BCUT2D eigenvalue weighted by Gasteiger charge is -2.33. The molecule has 1 atom stereocenters. The number of nitriles is 1. The molecule has 0 bridgehead atoms.